The molecule has 0 aliphatic heterocycles. The summed E-state index contributed by atoms with van der Waals surface area (Å²) in [6.45, 7) is 4.09. The van der Waals surface area contributed by atoms with Crippen LogP contribution >= 0.6 is 0 Å². The standard InChI is InChI=1S/C12H20O3/c1-3-5-11(13)10(8-9-6-7-9)12(14)15-4-2/h9-10H,3-8H2,1-2H3/t10-/m1/s1. The average Bonchev–Trinajstić information content (AvgIpc) is 2.98. The van der Waals surface area contributed by atoms with Crippen LogP contribution in [0.15, 0.2) is 0 Å². The third-order valence-corrected chi connectivity index (χ3v) is 2.72. The monoisotopic (exact) mass is 212 g/mol. The molecule has 0 saturated heterocycles. The van der Waals surface area contributed by atoms with E-state index in [4.69, 9.17) is 4.74 Å². The van der Waals surface area contributed by atoms with Gasteiger partial charge in [-0.3, -0.25) is 9.59 Å². The van der Waals surface area contributed by atoms with E-state index in [9.17, 15) is 9.59 Å². The second kappa shape index (κ2) is 5.89. The highest BCUT2D eigenvalue weighted by Crippen LogP contribution is 2.36. The highest BCUT2D eigenvalue weighted by molar-refractivity contribution is 5.98. The van der Waals surface area contributed by atoms with Crippen molar-refractivity contribution in [3.63, 3.8) is 0 Å². The summed E-state index contributed by atoms with van der Waals surface area (Å²) in [5.41, 5.74) is 0. The van der Waals surface area contributed by atoms with Crippen LogP contribution in [0.5, 0.6) is 0 Å². The predicted octanol–water partition coefficient (Wildman–Crippen LogP) is 2.33. The summed E-state index contributed by atoms with van der Waals surface area (Å²) in [6, 6.07) is 0. The Kier molecular flexibility index (Phi) is 4.79. The molecule has 1 fully saturated rings. The topological polar surface area (TPSA) is 43.4 Å². The predicted molar refractivity (Wildman–Crippen MR) is 57.4 cm³/mol. The van der Waals surface area contributed by atoms with Gasteiger partial charge >= 0.3 is 5.97 Å². The van der Waals surface area contributed by atoms with Gasteiger partial charge in [-0.1, -0.05) is 19.8 Å². The fourth-order valence-corrected chi connectivity index (χ4v) is 1.71. The van der Waals surface area contributed by atoms with Crippen molar-refractivity contribution >= 4 is 11.8 Å². The Balaban J connectivity index is 2.49. The number of carbonyl (C=O) groups is 2. The third-order valence-electron chi connectivity index (χ3n) is 2.72. The molecule has 0 amide bonds. The molecule has 0 heterocycles. The first-order valence-corrected chi connectivity index (χ1v) is 5.88. The average molecular weight is 212 g/mol. The quantitative estimate of drug-likeness (QED) is 0.480. The molecule has 0 aromatic heterocycles. The van der Waals surface area contributed by atoms with Crippen LogP contribution in [0, 0.1) is 11.8 Å². The molecule has 0 spiro atoms. The number of ketones is 1. The molecule has 3 nitrogen and oxygen atoms in total. The van der Waals surface area contributed by atoms with Crippen molar-refractivity contribution in [2.45, 2.75) is 46.0 Å². The third kappa shape index (κ3) is 4.02. The van der Waals surface area contributed by atoms with Gasteiger partial charge in [-0.15, -0.1) is 0 Å². The van der Waals surface area contributed by atoms with Gasteiger partial charge < -0.3 is 4.74 Å². The lowest BCUT2D eigenvalue weighted by molar-refractivity contribution is -0.152. The number of hydrogen-bond acceptors (Lipinski definition) is 3. The van der Waals surface area contributed by atoms with Crippen LogP contribution in [0.4, 0.5) is 0 Å². The lowest BCUT2D eigenvalue weighted by atomic mass is 9.95. The van der Waals surface area contributed by atoms with Crippen LogP contribution in [0.1, 0.15) is 46.0 Å². The molecule has 1 aliphatic rings. The summed E-state index contributed by atoms with van der Waals surface area (Å²) in [4.78, 5) is 23.3. The first-order chi connectivity index (χ1) is 7.19. The molecule has 0 unspecified atom stereocenters. The summed E-state index contributed by atoms with van der Waals surface area (Å²) in [7, 11) is 0. The van der Waals surface area contributed by atoms with E-state index in [0.29, 0.717) is 25.4 Å². The van der Waals surface area contributed by atoms with Crippen LogP contribution < -0.4 is 0 Å². The molecule has 1 aliphatic carbocycles. The fourth-order valence-electron chi connectivity index (χ4n) is 1.71. The Labute approximate surface area is 91.2 Å². The normalized spacial score (nSPS) is 17.2. The summed E-state index contributed by atoms with van der Waals surface area (Å²) in [6.07, 6.45) is 4.33. The first-order valence-electron chi connectivity index (χ1n) is 5.88. The number of esters is 1. The van der Waals surface area contributed by atoms with Gasteiger partial charge in [-0.05, 0) is 25.7 Å². The van der Waals surface area contributed by atoms with Gasteiger partial charge in [0.1, 0.15) is 11.7 Å². The Morgan fingerprint density at radius 1 is 1.33 bits per heavy atom. The molecule has 86 valence electrons. The molecule has 0 aromatic carbocycles. The number of rotatable bonds is 7. The Bertz CT molecular complexity index is 213. The van der Waals surface area contributed by atoms with E-state index in [2.05, 4.69) is 0 Å². The second-order valence-corrected chi connectivity index (χ2v) is 4.20. The minimum Gasteiger partial charge on any atom is -0.465 e. The summed E-state index contributed by atoms with van der Waals surface area (Å²) < 4.78 is 4.94. The Morgan fingerprint density at radius 3 is 2.47 bits per heavy atom. The van der Waals surface area contributed by atoms with Gasteiger partial charge in [0.05, 0.1) is 6.61 Å². The van der Waals surface area contributed by atoms with E-state index in [-0.39, 0.29) is 11.8 Å². The molecule has 15 heavy (non-hydrogen) atoms. The number of carbonyl (C=O) groups excluding carboxylic acids is 2. The molecule has 0 N–H and O–H groups in total. The van der Waals surface area contributed by atoms with Crippen molar-refractivity contribution in [1.29, 1.82) is 0 Å². The summed E-state index contributed by atoms with van der Waals surface area (Å²) in [5.74, 6) is -0.164. The Hall–Kier alpha value is -0.860. The molecule has 0 radical (unpaired) electrons. The number of Topliss-reactive ketones (excluding diaryl/α,β-unsaturated/α-hetero) is 1. The maximum absolute atomic E-state index is 11.7. The van der Waals surface area contributed by atoms with Gasteiger partial charge in [0.2, 0.25) is 0 Å². The van der Waals surface area contributed by atoms with Crippen molar-refractivity contribution in [1.82, 2.24) is 0 Å². The fraction of sp³-hybridized carbons (Fsp3) is 0.833. The van der Waals surface area contributed by atoms with Crippen molar-refractivity contribution in [3.8, 4) is 0 Å². The number of hydrogen-bond donors (Lipinski definition) is 0. The molecule has 1 atom stereocenters. The molecule has 0 aromatic rings. The van der Waals surface area contributed by atoms with Crippen LogP contribution in [-0.2, 0) is 14.3 Å². The molecule has 3 heteroatoms. The zero-order valence-corrected chi connectivity index (χ0v) is 9.62. The van der Waals surface area contributed by atoms with E-state index in [1.165, 1.54) is 0 Å². The minimum atomic E-state index is -0.489. The SMILES string of the molecule is CCCC(=O)[C@@H](CC1CC1)C(=O)OCC. The maximum atomic E-state index is 11.7. The lowest BCUT2D eigenvalue weighted by Gasteiger charge is -2.13. The zero-order valence-electron chi connectivity index (χ0n) is 9.62. The molecule has 1 rings (SSSR count). The summed E-state index contributed by atoms with van der Waals surface area (Å²) >= 11 is 0. The number of ether oxygens (including phenoxy) is 1. The first kappa shape index (κ1) is 12.2. The van der Waals surface area contributed by atoms with Crippen molar-refractivity contribution in [3.05, 3.63) is 0 Å². The molecule has 1 saturated carbocycles. The van der Waals surface area contributed by atoms with Gasteiger partial charge in [-0.25, -0.2) is 0 Å². The maximum Gasteiger partial charge on any atom is 0.316 e. The van der Waals surface area contributed by atoms with Gasteiger partial charge in [0.25, 0.3) is 0 Å². The van der Waals surface area contributed by atoms with Gasteiger partial charge in [0.15, 0.2) is 0 Å². The van der Waals surface area contributed by atoms with Crippen molar-refractivity contribution in [2.75, 3.05) is 6.61 Å². The Morgan fingerprint density at radius 2 is 2.00 bits per heavy atom. The van der Waals surface area contributed by atoms with E-state index in [0.717, 1.165) is 19.3 Å². The van der Waals surface area contributed by atoms with Crippen molar-refractivity contribution in [2.24, 2.45) is 11.8 Å². The molecule has 0 bridgehead atoms. The van der Waals surface area contributed by atoms with Crippen LogP contribution in [0.25, 0.3) is 0 Å². The van der Waals surface area contributed by atoms with E-state index in [1.54, 1.807) is 6.92 Å². The highest BCUT2D eigenvalue weighted by atomic mass is 16.5. The van der Waals surface area contributed by atoms with Gasteiger partial charge in [0, 0.05) is 6.42 Å². The van der Waals surface area contributed by atoms with Crippen molar-refractivity contribution < 1.29 is 14.3 Å². The van der Waals surface area contributed by atoms with E-state index < -0.39 is 5.92 Å². The smallest absolute Gasteiger partial charge is 0.316 e. The van der Waals surface area contributed by atoms with Crippen LogP contribution in [0.2, 0.25) is 0 Å². The van der Waals surface area contributed by atoms with Crippen LogP contribution in [-0.4, -0.2) is 18.4 Å². The highest BCUT2D eigenvalue weighted by Gasteiger charge is 2.34. The lowest BCUT2D eigenvalue weighted by Crippen LogP contribution is -2.26. The second-order valence-electron chi connectivity index (χ2n) is 4.20. The summed E-state index contributed by atoms with van der Waals surface area (Å²) in [5, 5.41) is 0. The van der Waals surface area contributed by atoms with E-state index in [1.807, 2.05) is 6.92 Å². The van der Waals surface area contributed by atoms with Gasteiger partial charge in [-0.2, -0.15) is 0 Å². The molecular weight excluding hydrogens is 192 g/mol. The largest absolute Gasteiger partial charge is 0.465 e. The molecular formula is C12H20O3. The zero-order chi connectivity index (χ0) is 11.3. The van der Waals surface area contributed by atoms with E-state index >= 15 is 0 Å². The minimum absolute atomic E-state index is 0.0582. The van der Waals surface area contributed by atoms with Crippen LogP contribution in [0.3, 0.4) is 0 Å².